The molecule has 2 fully saturated rings. The number of aliphatic imine (C=N–C) groups is 1. The normalized spacial score (nSPS) is 21.6. The molecule has 0 saturated carbocycles. The second-order valence-electron chi connectivity index (χ2n) is 7.38. The number of likely N-dealkylation sites (tertiary alicyclic amines) is 1. The second kappa shape index (κ2) is 11.8. The molecule has 0 aliphatic carbocycles. The number of nitrogens with two attached hydrogens (primary N) is 1. The van der Waals surface area contributed by atoms with Gasteiger partial charge in [-0.3, -0.25) is 14.8 Å². The smallest absolute Gasteiger partial charge is 0.188 e. The maximum absolute atomic E-state index is 13.0. The van der Waals surface area contributed by atoms with Gasteiger partial charge in [-0.1, -0.05) is 6.92 Å². The average molecular weight is 504 g/mol. The summed E-state index contributed by atoms with van der Waals surface area (Å²) in [5, 5.41) is 3.25. The number of nitrogens with one attached hydrogen (secondary N) is 1. The van der Waals surface area contributed by atoms with Crippen molar-refractivity contribution in [2.45, 2.75) is 25.8 Å². The molecule has 2 aliphatic rings. The Balaban J connectivity index is 0.00000280. The van der Waals surface area contributed by atoms with Gasteiger partial charge in [0, 0.05) is 51.0 Å². The molecule has 0 bridgehead atoms. The van der Waals surface area contributed by atoms with Crippen molar-refractivity contribution in [2.24, 2.45) is 10.7 Å². The van der Waals surface area contributed by atoms with Gasteiger partial charge in [0.1, 0.15) is 5.82 Å². The highest BCUT2D eigenvalue weighted by molar-refractivity contribution is 14.0. The van der Waals surface area contributed by atoms with Crippen LogP contribution in [0.4, 0.5) is 10.1 Å². The predicted octanol–water partition coefficient (Wildman–Crippen LogP) is 1.95. The Kier molecular flexibility index (Phi) is 9.73. The summed E-state index contributed by atoms with van der Waals surface area (Å²) in [6.07, 6.45) is 2.49. The van der Waals surface area contributed by atoms with Gasteiger partial charge < -0.3 is 16.0 Å². The van der Waals surface area contributed by atoms with E-state index in [4.69, 9.17) is 5.73 Å². The fourth-order valence-electron chi connectivity index (χ4n) is 4.00. The number of piperazine rings is 1. The maximum atomic E-state index is 13.0. The highest BCUT2D eigenvalue weighted by Gasteiger charge is 2.22. The molecule has 1 atom stereocenters. The van der Waals surface area contributed by atoms with E-state index >= 15 is 0 Å². The molecule has 3 N–H and O–H groups in total. The summed E-state index contributed by atoms with van der Waals surface area (Å²) in [6.45, 7) is 11.0. The number of guanidine groups is 1. The van der Waals surface area contributed by atoms with E-state index in [9.17, 15) is 4.39 Å². The van der Waals surface area contributed by atoms with Crippen LogP contribution in [-0.4, -0.2) is 80.7 Å². The van der Waals surface area contributed by atoms with E-state index in [2.05, 4.69) is 31.9 Å². The first-order valence-electron chi connectivity index (χ1n) is 10.2. The standard InChI is InChI=1S/C20H33FN6.HI/c1-2-26-10-3-4-19(26)16-24-20(22)23-9-11-25-12-14-27(15-13-25)18-7-5-17(21)6-8-18;/h5-8,19H,2-4,9-16H2,1H3,(H3,22,23,24);1H. The molecule has 0 aromatic heterocycles. The van der Waals surface area contributed by atoms with Crippen LogP contribution in [0, 0.1) is 5.82 Å². The second-order valence-corrected chi connectivity index (χ2v) is 7.38. The number of benzene rings is 1. The number of hydrogen-bond acceptors (Lipinski definition) is 4. The molecule has 1 unspecified atom stereocenters. The number of anilines is 1. The zero-order valence-electron chi connectivity index (χ0n) is 16.8. The Morgan fingerprint density at radius 2 is 1.89 bits per heavy atom. The van der Waals surface area contributed by atoms with E-state index in [1.165, 1.54) is 31.5 Å². The number of rotatable bonds is 7. The van der Waals surface area contributed by atoms with Gasteiger partial charge in [-0.2, -0.15) is 0 Å². The van der Waals surface area contributed by atoms with Crippen LogP contribution in [0.3, 0.4) is 0 Å². The molecule has 1 aromatic rings. The third-order valence-corrected chi connectivity index (χ3v) is 5.68. The van der Waals surface area contributed by atoms with E-state index < -0.39 is 0 Å². The van der Waals surface area contributed by atoms with Gasteiger partial charge in [-0.25, -0.2) is 4.39 Å². The van der Waals surface area contributed by atoms with Gasteiger partial charge in [0.15, 0.2) is 5.96 Å². The molecule has 2 saturated heterocycles. The van der Waals surface area contributed by atoms with Crippen LogP contribution >= 0.6 is 24.0 Å². The van der Waals surface area contributed by atoms with Crippen LogP contribution in [-0.2, 0) is 0 Å². The van der Waals surface area contributed by atoms with Gasteiger partial charge in [-0.05, 0) is 50.2 Å². The lowest BCUT2D eigenvalue weighted by atomic mass is 10.2. The highest BCUT2D eigenvalue weighted by Crippen LogP contribution is 2.17. The van der Waals surface area contributed by atoms with Gasteiger partial charge in [0.2, 0.25) is 0 Å². The van der Waals surface area contributed by atoms with Crippen molar-refractivity contribution < 1.29 is 4.39 Å². The lowest BCUT2D eigenvalue weighted by Crippen LogP contribution is -2.49. The zero-order valence-corrected chi connectivity index (χ0v) is 19.1. The Bertz CT molecular complexity index is 603. The Morgan fingerprint density at radius 1 is 1.18 bits per heavy atom. The fourth-order valence-corrected chi connectivity index (χ4v) is 4.00. The van der Waals surface area contributed by atoms with Crippen molar-refractivity contribution >= 4 is 35.6 Å². The van der Waals surface area contributed by atoms with Gasteiger partial charge in [-0.15, -0.1) is 24.0 Å². The molecular weight excluding hydrogens is 470 g/mol. The molecule has 2 aliphatic heterocycles. The summed E-state index contributed by atoms with van der Waals surface area (Å²) in [7, 11) is 0. The minimum Gasteiger partial charge on any atom is -0.370 e. The first-order valence-corrected chi connectivity index (χ1v) is 10.2. The summed E-state index contributed by atoms with van der Waals surface area (Å²) in [5.74, 6) is 0.376. The number of likely N-dealkylation sites (N-methyl/N-ethyl adjacent to an activating group) is 1. The van der Waals surface area contributed by atoms with Crippen LogP contribution in [0.1, 0.15) is 19.8 Å². The third kappa shape index (κ3) is 6.73. The zero-order chi connectivity index (χ0) is 19.1. The van der Waals surface area contributed by atoms with Crippen molar-refractivity contribution in [3.63, 3.8) is 0 Å². The first kappa shape index (κ1) is 23.2. The van der Waals surface area contributed by atoms with Crippen LogP contribution in [0.2, 0.25) is 0 Å². The molecule has 8 heteroatoms. The topological polar surface area (TPSA) is 60.1 Å². The molecule has 0 spiro atoms. The Hall–Kier alpha value is -1.13. The minimum absolute atomic E-state index is 0. The molecular formula is C20H34FIN6. The number of hydrogen-bond donors (Lipinski definition) is 2. The van der Waals surface area contributed by atoms with E-state index in [1.54, 1.807) is 0 Å². The minimum atomic E-state index is -0.182. The summed E-state index contributed by atoms with van der Waals surface area (Å²) in [6, 6.07) is 7.31. The molecule has 6 nitrogen and oxygen atoms in total. The monoisotopic (exact) mass is 504 g/mol. The van der Waals surface area contributed by atoms with Crippen LogP contribution in [0.25, 0.3) is 0 Å². The third-order valence-electron chi connectivity index (χ3n) is 5.68. The summed E-state index contributed by atoms with van der Waals surface area (Å²) >= 11 is 0. The summed E-state index contributed by atoms with van der Waals surface area (Å²) in [5.41, 5.74) is 7.12. The maximum Gasteiger partial charge on any atom is 0.188 e. The molecule has 0 amide bonds. The molecule has 28 heavy (non-hydrogen) atoms. The molecule has 3 rings (SSSR count). The van der Waals surface area contributed by atoms with Gasteiger partial charge in [0.25, 0.3) is 0 Å². The average Bonchev–Trinajstić information content (AvgIpc) is 3.15. The lowest BCUT2D eigenvalue weighted by Gasteiger charge is -2.36. The van der Waals surface area contributed by atoms with E-state index in [0.29, 0.717) is 12.0 Å². The number of nitrogens with zero attached hydrogens (tertiary/aromatic N) is 4. The Labute approximate surface area is 185 Å². The largest absolute Gasteiger partial charge is 0.370 e. The lowest BCUT2D eigenvalue weighted by molar-refractivity contribution is 0.261. The first-order chi connectivity index (χ1) is 13.2. The van der Waals surface area contributed by atoms with Crippen molar-refractivity contribution in [2.75, 3.05) is 63.8 Å². The molecule has 0 radical (unpaired) electrons. The van der Waals surface area contributed by atoms with Gasteiger partial charge >= 0.3 is 0 Å². The van der Waals surface area contributed by atoms with E-state index in [-0.39, 0.29) is 29.8 Å². The quantitative estimate of drug-likeness (QED) is 0.338. The fraction of sp³-hybridized carbons (Fsp3) is 0.650. The van der Waals surface area contributed by atoms with Crippen LogP contribution < -0.4 is 16.0 Å². The van der Waals surface area contributed by atoms with E-state index in [1.807, 2.05) is 12.1 Å². The van der Waals surface area contributed by atoms with Crippen molar-refractivity contribution in [1.29, 1.82) is 0 Å². The van der Waals surface area contributed by atoms with Crippen molar-refractivity contribution in [1.82, 2.24) is 15.1 Å². The predicted molar refractivity (Wildman–Crippen MR) is 125 cm³/mol. The summed E-state index contributed by atoms with van der Waals surface area (Å²) < 4.78 is 13.0. The molecule has 2 heterocycles. The molecule has 1 aromatic carbocycles. The van der Waals surface area contributed by atoms with E-state index in [0.717, 1.165) is 58.0 Å². The molecule has 158 valence electrons. The van der Waals surface area contributed by atoms with Crippen LogP contribution in [0.15, 0.2) is 29.3 Å². The van der Waals surface area contributed by atoms with Crippen LogP contribution in [0.5, 0.6) is 0 Å². The number of halogens is 2. The van der Waals surface area contributed by atoms with Crippen molar-refractivity contribution in [3.8, 4) is 0 Å². The van der Waals surface area contributed by atoms with Crippen molar-refractivity contribution in [3.05, 3.63) is 30.1 Å². The Morgan fingerprint density at radius 3 is 2.57 bits per heavy atom. The SMILES string of the molecule is CCN1CCCC1CN=C(N)NCCN1CCN(c2ccc(F)cc2)CC1.I. The highest BCUT2D eigenvalue weighted by atomic mass is 127. The van der Waals surface area contributed by atoms with Gasteiger partial charge in [0.05, 0.1) is 6.54 Å². The summed E-state index contributed by atoms with van der Waals surface area (Å²) in [4.78, 5) is 11.7.